The van der Waals surface area contributed by atoms with Crippen LogP contribution in [0.2, 0.25) is 0 Å². The molecule has 0 fully saturated rings. The fraction of sp³-hybridized carbons (Fsp3) is 0.636. The zero-order chi connectivity index (χ0) is 11.4. The molecule has 1 aromatic heterocycles. The van der Waals surface area contributed by atoms with Crippen LogP contribution in [0.1, 0.15) is 27.2 Å². The zero-order valence-electron chi connectivity index (χ0n) is 9.84. The molecule has 4 nitrogen and oxygen atoms in total. The molecule has 0 saturated carbocycles. The average Bonchev–Trinajstić information content (AvgIpc) is 2.67. The van der Waals surface area contributed by atoms with E-state index in [9.17, 15) is 4.79 Å². The second-order valence-electron chi connectivity index (χ2n) is 4.34. The van der Waals surface area contributed by atoms with E-state index in [4.69, 9.17) is 0 Å². The molecule has 84 valence electrons. The highest BCUT2D eigenvalue weighted by molar-refractivity contribution is 5.76. The first-order valence-corrected chi connectivity index (χ1v) is 5.27. The van der Waals surface area contributed by atoms with Gasteiger partial charge in [-0.1, -0.05) is 13.8 Å². The number of carbonyl (C=O) groups excluding carboxylic acids is 1. The number of nitrogens with zero attached hydrogens (tertiary/aromatic N) is 3. The van der Waals surface area contributed by atoms with E-state index in [0.29, 0.717) is 5.92 Å². The van der Waals surface area contributed by atoms with Crippen LogP contribution in [0.15, 0.2) is 18.7 Å². The van der Waals surface area contributed by atoms with E-state index in [0.717, 1.165) is 6.42 Å². The normalized spacial score (nSPS) is 12.9. The topological polar surface area (TPSA) is 38.1 Å². The summed E-state index contributed by atoms with van der Waals surface area (Å²) in [7, 11) is 1.83. The predicted molar refractivity (Wildman–Crippen MR) is 59.7 cm³/mol. The fourth-order valence-electron chi connectivity index (χ4n) is 1.58. The first kappa shape index (κ1) is 11.8. The Labute approximate surface area is 90.9 Å². The molecule has 4 heteroatoms. The van der Waals surface area contributed by atoms with Gasteiger partial charge in [-0.3, -0.25) is 4.57 Å². The highest BCUT2D eigenvalue weighted by Gasteiger charge is 2.17. The summed E-state index contributed by atoms with van der Waals surface area (Å²) in [5, 5.41) is 0. The Balaban J connectivity index is 2.60. The first-order valence-electron chi connectivity index (χ1n) is 5.27. The number of carbonyl (C=O) groups is 1. The van der Waals surface area contributed by atoms with Crippen molar-refractivity contribution < 1.29 is 4.79 Å². The Morgan fingerprint density at radius 1 is 1.47 bits per heavy atom. The maximum atomic E-state index is 11.9. The summed E-state index contributed by atoms with van der Waals surface area (Å²) in [4.78, 5) is 17.5. The molecule has 0 aliphatic heterocycles. The molecule has 0 radical (unpaired) electrons. The lowest BCUT2D eigenvalue weighted by Gasteiger charge is -2.26. The Bertz CT molecular complexity index is 306. The smallest absolute Gasteiger partial charge is 0.324 e. The molecule has 1 aromatic rings. The molecule has 0 aromatic carbocycles. The summed E-state index contributed by atoms with van der Waals surface area (Å²) in [6, 6.07) is 0.223. The van der Waals surface area contributed by atoms with Crippen LogP contribution in [-0.2, 0) is 0 Å². The lowest BCUT2D eigenvalue weighted by molar-refractivity contribution is 0.188. The van der Waals surface area contributed by atoms with Crippen LogP contribution in [0.25, 0.3) is 0 Å². The van der Waals surface area contributed by atoms with Crippen LogP contribution < -0.4 is 0 Å². The third-order valence-corrected chi connectivity index (χ3v) is 2.50. The number of rotatable bonds is 3. The van der Waals surface area contributed by atoms with Crippen molar-refractivity contribution in [3.8, 4) is 0 Å². The summed E-state index contributed by atoms with van der Waals surface area (Å²) < 4.78 is 1.50. The van der Waals surface area contributed by atoms with E-state index in [-0.39, 0.29) is 12.1 Å². The van der Waals surface area contributed by atoms with Crippen LogP contribution in [0.3, 0.4) is 0 Å². The van der Waals surface area contributed by atoms with E-state index in [1.54, 1.807) is 17.3 Å². The van der Waals surface area contributed by atoms with Gasteiger partial charge in [-0.05, 0) is 19.3 Å². The summed E-state index contributed by atoms with van der Waals surface area (Å²) >= 11 is 0. The first-order chi connectivity index (χ1) is 7.02. The van der Waals surface area contributed by atoms with Gasteiger partial charge in [-0.25, -0.2) is 9.78 Å². The maximum absolute atomic E-state index is 11.9. The van der Waals surface area contributed by atoms with Crippen LogP contribution in [0, 0.1) is 5.92 Å². The molecule has 15 heavy (non-hydrogen) atoms. The highest BCUT2D eigenvalue weighted by atomic mass is 16.2. The van der Waals surface area contributed by atoms with Gasteiger partial charge in [0.05, 0.1) is 0 Å². The Morgan fingerprint density at radius 3 is 2.60 bits per heavy atom. The van der Waals surface area contributed by atoms with Crippen LogP contribution >= 0.6 is 0 Å². The van der Waals surface area contributed by atoms with Crippen molar-refractivity contribution in [1.29, 1.82) is 0 Å². The predicted octanol–water partition coefficient (Wildman–Crippen LogP) is 2.22. The molecule has 0 aliphatic carbocycles. The standard InChI is InChI=1S/C11H19N3O/c1-9(2)7-10(3)13(4)11(15)14-6-5-12-8-14/h5-6,8-10H,7H2,1-4H3. The summed E-state index contributed by atoms with van der Waals surface area (Å²) in [5.41, 5.74) is 0. The number of hydrogen-bond acceptors (Lipinski definition) is 2. The van der Waals surface area contributed by atoms with Gasteiger partial charge >= 0.3 is 6.03 Å². The minimum Gasteiger partial charge on any atom is -0.324 e. The lowest BCUT2D eigenvalue weighted by atomic mass is 10.0. The van der Waals surface area contributed by atoms with Gasteiger partial charge in [0, 0.05) is 25.5 Å². The van der Waals surface area contributed by atoms with Crippen LogP contribution in [0.4, 0.5) is 4.79 Å². The molecular weight excluding hydrogens is 190 g/mol. The molecule has 0 N–H and O–H groups in total. The summed E-state index contributed by atoms with van der Waals surface area (Å²) in [6.07, 6.45) is 5.82. The molecule has 1 unspecified atom stereocenters. The largest absolute Gasteiger partial charge is 0.329 e. The summed E-state index contributed by atoms with van der Waals surface area (Å²) in [5.74, 6) is 0.595. The van der Waals surface area contributed by atoms with E-state index >= 15 is 0 Å². The van der Waals surface area contributed by atoms with Gasteiger partial charge in [0.15, 0.2) is 0 Å². The second kappa shape index (κ2) is 4.96. The van der Waals surface area contributed by atoms with Crippen molar-refractivity contribution in [1.82, 2.24) is 14.5 Å². The average molecular weight is 209 g/mol. The minimum atomic E-state index is -0.0272. The van der Waals surface area contributed by atoms with E-state index < -0.39 is 0 Å². The third-order valence-electron chi connectivity index (χ3n) is 2.50. The lowest BCUT2D eigenvalue weighted by Crippen LogP contribution is -2.38. The molecule has 0 saturated heterocycles. The highest BCUT2D eigenvalue weighted by Crippen LogP contribution is 2.10. The zero-order valence-corrected chi connectivity index (χ0v) is 9.84. The number of aromatic nitrogens is 2. The number of imidazole rings is 1. The quantitative estimate of drug-likeness (QED) is 0.765. The van der Waals surface area contributed by atoms with Gasteiger partial charge in [0.1, 0.15) is 6.33 Å². The molecule has 0 spiro atoms. The van der Waals surface area contributed by atoms with Gasteiger partial charge in [-0.2, -0.15) is 0 Å². The third kappa shape index (κ3) is 3.08. The molecule has 1 rings (SSSR count). The van der Waals surface area contributed by atoms with Crippen molar-refractivity contribution in [3.63, 3.8) is 0 Å². The Morgan fingerprint density at radius 2 is 2.13 bits per heavy atom. The van der Waals surface area contributed by atoms with Gasteiger partial charge in [-0.15, -0.1) is 0 Å². The molecule has 1 amide bonds. The van der Waals surface area contributed by atoms with Crippen molar-refractivity contribution in [2.45, 2.75) is 33.2 Å². The maximum Gasteiger partial charge on any atom is 0.329 e. The molecule has 0 bridgehead atoms. The number of amides is 1. The monoisotopic (exact) mass is 209 g/mol. The fourth-order valence-corrected chi connectivity index (χ4v) is 1.58. The molecular formula is C11H19N3O. The SMILES string of the molecule is CC(C)CC(C)N(C)C(=O)n1ccnc1. The van der Waals surface area contributed by atoms with E-state index in [2.05, 4.69) is 25.8 Å². The molecule has 1 atom stereocenters. The van der Waals surface area contributed by atoms with Crippen molar-refractivity contribution >= 4 is 6.03 Å². The van der Waals surface area contributed by atoms with Crippen LogP contribution in [0.5, 0.6) is 0 Å². The van der Waals surface area contributed by atoms with Crippen molar-refractivity contribution in [2.24, 2.45) is 5.92 Å². The molecule has 1 heterocycles. The van der Waals surface area contributed by atoms with Crippen molar-refractivity contribution in [2.75, 3.05) is 7.05 Å². The molecule has 0 aliphatic rings. The Kier molecular flexibility index (Phi) is 3.88. The van der Waals surface area contributed by atoms with Gasteiger partial charge < -0.3 is 4.90 Å². The van der Waals surface area contributed by atoms with Crippen molar-refractivity contribution in [3.05, 3.63) is 18.7 Å². The number of hydrogen-bond donors (Lipinski definition) is 0. The van der Waals surface area contributed by atoms with Gasteiger partial charge in [0.2, 0.25) is 0 Å². The van der Waals surface area contributed by atoms with Crippen LogP contribution in [-0.4, -0.2) is 33.6 Å². The van der Waals surface area contributed by atoms with E-state index in [1.807, 2.05) is 7.05 Å². The summed E-state index contributed by atoms with van der Waals surface area (Å²) in [6.45, 7) is 6.38. The minimum absolute atomic E-state index is 0.0272. The van der Waals surface area contributed by atoms with Gasteiger partial charge in [0.25, 0.3) is 0 Å². The Hall–Kier alpha value is -1.32. The van der Waals surface area contributed by atoms with E-state index in [1.165, 1.54) is 10.9 Å². The second-order valence-corrected chi connectivity index (χ2v) is 4.34.